The standard InChI is InChI=1S/C20H22O7/c1-9-14-17(18-12(26-9)8-13(21)27-18)20(25-5)16-11(23-3)7-6-10(22-2)15(16)19(14)24-4/h6-7,9,12,18H,8H2,1-5H3/t9-,12+,18-/m0/s1. The van der Waals surface area contributed by atoms with E-state index in [0.29, 0.717) is 28.4 Å². The van der Waals surface area contributed by atoms with Crippen molar-refractivity contribution in [3.8, 4) is 23.0 Å². The molecule has 7 nitrogen and oxygen atoms in total. The minimum Gasteiger partial charge on any atom is -0.496 e. The number of rotatable bonds is 4. The molecule has 2 heterocycles. The molecular weight excluding hydrogens is 352 g/mol. The van der Waals surface area contributed by atoms with Crippen LogP contribution in [0.15, 0.2) is 12.1 Å². The Hall–Kier alpha value is -2.67. The Kier molecular flexibility index (Phi) is 4.26. The van der Waals surface area contributed by atoms with E-state index in [0.717, 1.165) is 16.5 Å². The largest absolute Gasteiger partial charge is 0.496 e. The summed E-state index contributed by atoms with van der Waals surface area (Å²) in [6.07, 6.45) is -0.992. The van der Waals surface area contributed by atoms with Crippen LogP contribution in [0.5, 0.6) is 23.0 Å². The van der Waals surface area contributed by atoms with Crippen molar-refractivity contribution in [2.24, 2.45) is 0 Å². The SMILES string of the molecule is COc1ccc(OC)c2c(OC)c3c(c(OC)c12)[C@H](C)O[C@@H]1CC(=O)O[C@H]31. The number of benzene rings is 2. The predicted molar refractivity (Wildman–Crippen MR) is 96.9 cm³/mol. The van der Waals surface area contributed by atoms with Gasteiger partial charge < -0.3 is 28.4 Å². The van der Waals surface area contributed by atoms with Gasteiger partial charge in [-0.1, -0.05) is 0 Å². The summed E-state index contributed by atoms with van der Waals surface area (Å²) in [6, 6.07) is 3.64. The molecule has 0 aliphatic carbocycles. The maximum atomic E-state index is 11.9. The molecule has 1 saturated heterocycles. The van der Waals surface area contributed by atoms with Gasteiger partial charge in [-0.3, -0.25) is 4.79 Å². The molecule has 27 heavy (non-hydrogen) atoms. The van der Waals surface area contributed by atoms with Crippen LogP contribution in [0.3, 0.4) is 0 Å². The average Bonchev–Trinajstić information content (AvgIpc) is 3.05. The second-order valence-corrected chi connectivity index (χ2v) is 6.55. The van der Waals surface area contributed by atoms with Crippen molar-refractivity contribution in [3.63, 3.8) is 0 Å². The van der Waals surface area contributed by atoms with Gasteiger partial charge in [-0.2, -0.15) is 0 Å². The minimum atomic E-state index is -0.548. The zero-order valence-corrected chi connectivity index (χ0v) is 16.0. The van der Waals surface area contributed by atoms with E-state index in [1.165, 1.54) is 0 Å². The molecule has 7 heteroatoms. The molecule has 144 valence electrons. The number of carbonyl (C=O) groups is 1. The maximum Gasteiger partial charge on any atom is 0.309 e. The Morgan fingerprint density at radius 3 is 1.96 bits per heavy atom. The summed E-state index contributed by atoms with van der Waals surface area (Å²) in [5.41, 5.74) is 1.56. The molecule has 2 aliphatic heterocycles. The van der Waals surface area contributed by atoms with E-state index in [-0.39, 0.29) is 24.6 Å². The van der Waals surface area contributed by atoms with Crippen LogP contribution in [0.4, 0.5) is 0 Å². The summed E-state index contributed by atoms with van der Waals surface area (Å²) in [5, 5.41) is 1.44. The molecular formula is C20H22O7. The van der Waals surface area contributed by atoms with Crippen molar-refractivity contribution in [1.29, 1.82) is 0 Å². The van der Waals surface area contributed by atoms with E-state index in [1.54, 1.807) is 28.4 Å². The van der Waals surface area contributed by atoms with Crippen molar-refractivity contribution >= 4 is 16.7 Å². The van der Waals surface area contributed by atoms with Crippen LogP contribution in [0, 0.1) is 0 Å². The zero-order chi connectivity index (χ0) is 19.3. The van der Waals surface area contributed by atoms with Gasteiger partial charge in [0.1, 0.15) is 29.1 Å². The summed E-state index contributed by atoms with van der Waals surface area (Å²) in [6.45, 7) is 1.93. The molecule has 0 saturated carbocycles. The van der Waals surface area contributed by atoms with Crippen molar-refractivity contribution in [2.75, 3.05) is 28.4 Å². The second kappa shape index (κ2) is 6.49. The molecule has 0 amide bonds. The molecule has 1 fully saturated rings. The fourth-order valence-electron chi connectivity index (χ4n) is 4.21. The van der Waals surface area contributed by atoms with Crippen molar-refractivity contribution in [1.82, 2.24) is 0 Å². The highest BCUT2D eigenvalue weighted by Crippen LogP contribution is 2.57. The summed E-state index contributed by atoms with van der Waals surface area (Å²) in [4.78, 5) is 11.9. The summed E-state index contributed by atoms with van der Waals surface area (Å²) in [5.74, 6) is 2.14. The lowest BCUT2D eigenvalue weighted by Crippen LogP contribution is -2.27. The molecule has 0 aromatic heterocycles. The molecule has 0 N–H and O–H groups in total. The van der Waals surface area contributed by atoms with E-state index in [1.807, 2.05) is 19.1 Å². The van der Waals surface area contributed by atoms with E-state index < -0.39 is 6.10 Å². The molecule has 0 bridgehead atoms. The lowest BCUT2D eigenvalue weighted by molar-refractivity contribution is -0.143. The fourth-order valence-corrected chi connectivity index (χ4v) is 4.21. The topological polar surface area (TPSA) is 72.5 Å². The van der Waals surface area contributed by atoms with Gasteiger partial charge in [-0.25, -0.2) is 0 Å². The van der Waals surface area contributed by atoms with Crippen molar-refractivity contribution in [2.45, 2.75) is 31.7 Å². The molecule has 0 radical (unpaired) electrons. The number of ether oxygens (including phenoxy) is 6. The molecule has 2 aliphatic rings. The van der Waals surface area contributed by atoms with Crippen molar-refractivity contribution < 1.29 is 33.2 Å². The molecule has 0 spiro atoms. The normalized spacial score (nSPS) is 23.4. The maximum absolute atomic E-state index is 11.9. The summed E-state index contributed by atoms with van der Waals surface area (Å²) in [7, 11) is 6.38. The molecule has 0 unspecified atom stereocenters. The molecule has 2 aromatic carbocycles. The van der Waals surface area contributed by atoms with Gasteiger partial charge in [0.05, 0.1) is 51.7 Å². The van der Waals surface area contributed by atoms with Gasteiger partial charge in [0.2, 0.25) is 0 Å². The quantitative estimate of drug-likeness (QED) is 0.760. The van der Waals surface area contributed by atoms with Crippen LogP contribution in [0.1, 0.15) is 36.7 Å². The van der Waals surface area contributed by atoms with Gasteiger partial charge in [-0.15, -0.1) is 0 Å². The van der Waals surface area contributed by atoms with E-state index >= 15 is 0 Å². The van der Waals surface area contributed by atoms with Gasteiger partial charge >= 0.3 is 5.97 Å². The van der Waals surface area contributed by atoms with Crippen molar-refractivity contribution in [3.05, 3.63) is 23.3 Å². The second-order valence-electron chi connectivity index (χ2n) is 6.55. The first-order chi connectivity index (χ1) is 13.0. The summed E-state index contributed by atoms with van der Waals surface area (Å²) >= 11 is 0. The number of methoxy groups -OCH3 is 4. The zero-order valence-electron chi connectivity index (χ0n) is 16.0. The monoisotopic (exact) mass is 374 g/mol. The smallest absolute Gasteiger partial charge is 0.309 e. The first-order valence-electron chi connectivity index (χ1n) is 8.73. The third-order valence-corrected chi connectivity index (χ3v) is 5.24. The van der Waals surface area contributed by atoms with Crippen LogP contribution < -0.4 is 18.9 Å². The lowest BCUT2D eigenvalue weighted by Gasteiger charge is -2.34. The Morgan fingerprint density at radius 2 is 1.44 bits per heavy atom. The van der Waals surface area contributed by atoms with E-state index in [4.69, 9.17) is 28.4 Å². The van der Waals surface area contributed by atoms with Crippen LogP contribution in [-0.4, -0.2) is 40.5 Å². The Bertz CT molecular complexity index is 921. The van der Waals surface area contributed by atoms with Gasteiger partial charge in [0.25, 0.3) is 0 Å². The molecule has 2 aromatic rings. The number of fused-ring (bicyclic) bond motifs is 4. The Labute approximate surface area is 157 Å². The third-order valence-electron chi connectivity index (χ3n) is 5.24. The average molecular weight is 374 g/mol. The number of carbonyl (C=O) groups excluding carboxylic acids is 1. The highest BCUT2D eigenvalue weighted by Gasteiger charge is 2.47. The van der Waals surface area contributed by atoms with Gasteiger partial charge in [-0.05, 0) is 19.1 Å². The first-order valence-corrected chi connectivity index (χ1v) is 8.73. The first kappa shape index (κ1) is 17.7. The summed E-state index contributed by atoms with van der Waals surface area (Å²) < 4.78 is 34.5. The van der Waals surface area contributed by atoms with Gasteiger partial charge in [0.15, 0.2) is 6.10 Å². The van der Waals surface area contributed by atoms with Crippen LogP contribution >= 0.6 is 0 Å². The lowest BCUT2D eigenvalue weighted by atomic mass is 9.87. The number of hydrogen-bond donors (Lipinski definition) is 0. The Balaban J connectivity index is 2.18. The van der Waals surface area contributed by atoms with E-state index in [2.05, 4.69) is 0 Å². The number of esters is 1. The highest BCUT2D eigenvalue weighted by atomic mass is 16.6. The van der Waals surface area contributed by atoms with Crippen LogP contribution in [0.2, 0.25) is 0 Å². The van der Waals surface area contributed by atoms with Gasteiger partial charge in [0, 0.05) is 11.1 Å². The van der Waals surface area contributed by atoms with Crippen LogP contribution in [-0.2, 0) is 14.3 Å². The Morgan fingerprint density at radius 1 is 0.889 bits per heavy atom. The van der Waals surface area contributed by atoms with E-state index in [9.17, 15) is 4.79 Å². The molecule has 4 rings (SSSR count). The highest BCUT2D eigenvalue weighted by molar-refractivity contribution is 6.04. The predicted octanol–water partition coefficient (Wildman–Crippen LogP) is 3.32. The number of hydrogen-bond acceptors (Lipinski definition) is 7. The fraction of sp³-hybridized carbons (Fsp3) is 0.450. The van der Waals surface area contributed by atoms with Crippen LogP contribution in [0.25, 0.3) is 10.8 Å². The molecule has 3 atom stereocenters. The third kappa shape index (κ3) is 2.41. The minimum absolute atomic E-state index is 0.215.